The number of carbonyl (C=O) groups excluding carboxylic acids is 1. The average Bonchev–Trinajstić information content (AvgIpc) is 2.43. The minimum absolute atomic E-state index is 0.175. The molecule has 0 spiro atoms. The summed E-state index contributed by atoms with van der Waals surface area (Å²) < 4.78 is 4.94. The number of carboxylic acids is 1. The van der Waals surface area contributed by atoms with Crippen molar-refractivity contribution in [1.29, 1.82) is 5.26 Å². The van der Waals surface area contributed by atoms with E-state index in [2.05, 4.69) is 0 Å². The summed E-state index contributed by atoms with van der Waals surface area (Å²) in [4.78, 5) is 26.1. The molecule has 7 nitrogen and oxygen atoms in total. The molecule has 0 bridgehead atoms. The number of urea groups is 1. The second-order valence-corrected chi connectivity index (χ2v) is 4.45. The van der Waals surface area contributed by atoms with Crippen LogP contribution in [0.25, 0.3) is 0 Å². The van der Waals surface area contributed by atoms with Crippen LogP contribution in [0.1, 0.15) is 26.7 Å². The SMILES string of the molecule is CCC(C)N(CC(=O)O)C(=O)N(CCC#N)CCOC. The molecule has 2 amide bonds. The van der Waals surface area contributed by atoms with E-state index in [-0.39, 0.29) is 31.6 Å². The van der Waals surface area contributed by atoms with Gasteiger partial charge in [-0.15, -0.1) is 0 Å². The number of nitrogens with zero attached hydrogens (tertiary/aromatic N) is 3. The van der Waals surface area contributed by atoms with Crippen molar-refractivity contribution in [2.75, 3.05) is 33.4 Å². The second kappa shape index (κ2) is 10.0. The quantitative estimate of drug-likeness (QED) is 0.686. The van der Waals surface area contributed by atoms with Crippen LogP contribution in [-0.4, -0.2) is 66.3 Å². The number of hydrogen-bond acceptors (Lipinski definition) is 4. The van der Waals surface area contributed by atoms with E-state index in [0.717, 1.165) is 0 Å². The van der Waals surface area contributed by atoms with Crippen LogP contribution in [0.15, 0.2) is 0 Å². The van der Waals surface area contributed by atoms with Crippen LogP contribution >= 0.6 is 0 Å². The van der Waals surface area contributed by atoms with Crippen LogP contribution in [-0.2, 0) is 9.53 Å². The minimum Gasteiger partial charge on any atom is -0.480 e. The number of ether oxygens (including phenoxy) is 1. The molecule has 114 valence electrons. The summed E-state index contributed by atoms with van der Waals surface area (Å²) in [6, 6.07) is 1.44. The van der Waals surface area contributed by atoms with E-state index in [4.69, 9.17) is 15.1 Å². The van der Waals surface area contributed by atoms with Crippen molar-refractivity contribution >= 4 is 12.0 Å². The third kappa shape index (κ3) is 6.38. The van der Waals surface area contributed by atoms with Gasteiger partial charge in [0.1, 0.15) is 6.54 Å². The third-order valence-electron chi connectivity index (χ3n) is 3.00. The normalized spacial score (nSPS) is 11.5. The van der Waals surface area contributed by atoms with E-state index < -0.39 is 5.97 Å². The van der Waals surface area contributed by atoms with E-state index in [0.29, 0.717) is 19.6 Å². The van der Waals surface area contributed by atoms with Gasteiger partial charge in [0.05, 0.1) is 19.1 Å². The van der Waals surface area contributed by atoms with Gasteiger partial charge in [-0.2, -0.15) is 5.26 Å². The lowest BCUT2D eigenvalue weighted by Crippen LogP contribution is -2.50. The Kier molecular flexibility index (Phi) is 9.13. The summed E-state index contributed by atoms with van der Waals surface area (Å²) >= 11 is 0. The molecule has 0 aliphatic carbocycles. The summed E-state index contributed by atoms with van der Waals surface area (Å²) in [5.74, 6) is -1.05. The second-order valence-electron chi connectivity index (χ2n) is 4.45. The fourth-order valence-electron chi connectivity index (χ4n) is 1.65. The molecule has 0 aliphatic rings. The Labute approximate surface area is 119 Å². The molecular formula is C13H23N3O4. The van der Waals surface area contributed by atoms with Crippen molar-refractivity contribution in [3.05, 3.63) is 0 Å². The van der Waals surface area contributed by atoms with Gasteiger partial charge in [0.15, 0.2) is 0 Å². The Bertz CT molecular complexity index is 354. The predicted molar refractivity (Wildman–Crippen MR) is 73.2 cm³/mol. The lowest BCUT2D eigenvalue weighted by atomic mass is 10.2. The van der Waals surface area contributed by atoms with E-state index in [1.807, 2.05) is 13.0 Å². The van der Waals surface area contributed by atoms with Gasteiger partial charge in [0, 0.05) is 26.2 Å². The van der Waals surface area contributed by atoms with Crippen LogP contribution in [0.5, 0.6) is 0 Å². The molecule has 1 N–H and O–H groups in total. The minimum atomic E-state index is -1.05. The van der Waals surface area contributed by atoms with Gasteiger partial charge < -0.3 is 19.6 Å². The maximum absolute atomic E-state index is 12.4. The summed E-state index contributed by atoms with van der Waals surface area (Å²) in [6.07, 6.45) is 0.867. The van der Waals surface area contributed by atoms with Gasteiger partial charge in [-0.25, -0.2) is 4.79 Å². The van der Waals surface area contributed by atoms with Gasteiger partial charge in [-0.3, -0.25) is 4.79 Å². The van der Waals surface area contributed by atoms with Crippen LogP contribution in [0.2, 0.25) is 0 Å². The Morgan fingerprint density at radius 1 is 1.40 bits per heavy atom. The van der Waals surface area contributed by atoms with Gasteiger partial charge >= 0.3 is 12.0 Å². The van der Waals surface area contributed by atoms with E-state index in [9.17, 15) is 9.59 Å². The number of hydrogen-bond donors (Lipinski definition) is 1. The fraction of sp³-hybridized carbons (Fsp3) is 0.769. The number of nitriles is 1. The molecule has 0 saturated heterocycles. The van der Waals surface area contributed by atoms with Crippen molar-refractivity contribution in [3.63, 3.8) is 0 Å². The van der Waals surface area contributed by atoms with Crippen LogP contribution in [0, 0.1) is 11.3 Å². The Morgan fingerprint density at radius 3 is 2.50 bits per heavy atom. The first kappa shape index (κ1) is 18.2. The first-order valence-corrected chi connectivity index (χ1v) is 6.61. The monoisotopic (exact) mass is 285 g/mol. The van der Waals surface area contributed by atoms with Gasteiger partial charge in [-0.1, -0.05) is 6.92 Å². The molecule has 0 rings (SSSR count). The Morgan fingerprint density at radius 2 is 2.05 bits per heavy atom. The molecule has 0 fully saturated rings. The Balaban J connectivity index is 4.91. The molecule has 0 aliphatic heterocycles. The van der Waals surface area contributed by atoms with E-state index in [1.54, 1.807) is 6.92 Å². The zero-order valence-corrected chi connectivity index (χ0v) is 12.3. The largest absolute Gasteiger partial charge is 0.480 e. The molecule has 0 radical (unpaired) electrons. The molecular weight excluding hydrogens is 262 g/mol. The molecule has 1 atom stereocenters. The Hall–Kier alpha value is -1.81. The molecule has 20 heavy (non-hydrogen) atoms. The maximum atomic E-state index is 12.4. The smallest absolute Gasteiger partial charge is 0.323 e. The molecule has 7 heteroatoms. The topological polar surface area (TPSA) is 93.9 Å². The fourth-order valence-corrected chi connectivity index (χ4v) is 1.65. The number of amides is 2. The lowest BCUT2D eigenvalue weighted by molar-refractivity contribution is -0.138. The molecule has 0 aromatic heterocycles. The number of carbonyl (C=O) groups is 2. The highest BCUT2D eigenvalue weighted by molar-refractivity contribution is 5.80. The van der Waals surface area contributed by atoms with Crippen LogP contribution < -0.4 is 0 Å². The first-order valence-electron chi connectivity index (χ1n) is 6.61. The molecule has 0 saturated carbocycles. The van der Waals surface area contributed by atoms with Crippen molar-refractivity contribution in [1.82, 2.24) is 9.80 Å². The molecule has 1 unspecified atom stereocenters. The standard InChI is InChI=1S/C13H23N3O4/c1-4-11(2)16(10-12(17)18)13(19)15(7-5-6-14)8-9-20-3/h11H,4-5,7-10H2,1-3H3,(H,17,18). The van der Waals surface area contributed by atoms with Gasteiger partial charge in [0.2, 0.25) is 0 Å². The average molecular weight is 285 g/mol. The number of methoxy groups -OCH3 is 1. The summed E-state index contributed by atoms with van der Waals surface area (Å²) in [5.41, 5.74) is 0. The molecule has 0 heterocycles. The summed E-state index contributed by atoms with van der Waals surface area (Å²) in [5, 5.41) is 17.6. The van der Waals surface area contributed by atoms with Crippen LogP contribution in [0.3, 0.4) is 0 Å². The highest BCUT2D eigenvalue weighted by Crippen LogP contribution is 2.08. The van der Waals surface area contributed by atoms with E-state index >= 15 is 0 Å². The van der Waals surface area contributed by atoms with Crippen molar-refractivity contribution in [3.8, 4) is 6.07 Å². The zero-order valence-electron chi connectivity index (χ0n) is 12.3. The number of aliphatic carboxylic acids is 1. The maximum Gasteiger partial charge on any atom is 0.323 e. The first-order chi connectivity index (χ1) is 9.47. The zero-order chi connectivity index (χ0) is 15.5. The lowest BCUT2D eigenvalue weighted by Gasteiger charge is -2.33. The van der Waals surface area contributed by atoms with Crippen molar-refractivity contribution in [2.45, 2.75) is 32.7 Å². The van der Waals surface area contributed by atoms with Crippen LogP contribution in [0.4, 0.5) is 4.79 Å². The molecule has 0 aromatic rings. The predicted octanol–water partition coefficient (Wildman–Crippen LogP) is 1.15. The highest BCUT2D eigenvalue weighted by atomic mass is 16.5. The van der Waals surface area contributed by atoms with Gasteiger partial charge in [0.25, 0.3) is 0 Å². The number of carboxylic acid groups (broad SMARTS) is 1. The summed E-state index contributed by atoms with van der Waals surface area (Å²) in [6.45, 7) is 4.30. The van der Waals surface area contributed by atoms with Crippen molar-refractivity contribution in [2.24, 2.45) is 0 Å². The number of rotatable bonds is 9. The highest BCUT2D eigenvalue weighted by Gasteiger charge is 2.26. The van der Waals surface area contributed by atoms with E-state index in [1.165, 1.54) is 16.9 Å². The third-order valence-corrected chi connectivity index (χ3v) is 3.00. The van der Waals surface area contributed by atoms with Crippen molar-refractivity contribution < 1.29 is 19.4 Å². The summed E-state index contributed by atoms with van der Waals surface area (Å²) in [7, 11) is 1.52. The van der Waals surface area contributed by atoms with Gasteiger partial charge in [-0.05, 0) is 13.3 Å². The molecule has 0 aromatic carbocycles.